The fourth-order valence-corrected chi connectivity index (χ4v) is 2.49. The van der Waals surface area contributed by atoms with Crippen LogP contribution >= 0.6 is 0 Å². The average molecular weight is 278 g/mol. The highest BCUT2D eigenvalue weighted by Gasteiger charge is 2.19. The highest BCUT2D eigenvalue weighted by atomic mass is 16.5. The van der Waals surface area contributed by atoms with Crippen LogP contribution in [0.3, 0.4) is 0 Å². The van der Waals surface area contributed by atoms with E-state index in [1.165, 1.54) is 7.11 Å². The van der Waals surface area contributed by atoms with Gasteiger partial charge < -0.3 is 15.0 Å². The molecule has 1 aromatic rings. The van der Waals surface area contributed by atoms with E-state index >= 15 is 0 Å². The summed E-state index contributed by atoms with van der Waals surface area (Å²) in [6, 6.07) is 2.17. The summed E-state index contributed by atoms with van der Waals surface area (Å²) in [7, 11) is 1.53. The summed E-state index contributed by atoms with van der Waals surface area (Å²) in [5.74, 6) is 1.72. The van der Waals surface area contributed by atoms with E-state index in [1.54, 1.807) is 6.20 Å². The lowest BCUT2D eigenvalue weighted by Gasteiger charge is -2.21. The summed E-state index contributed by atoms with van der Waals surface area (Å²) in [5.41, 5.74) is 0. The number of rotatable bonds is 4. The molecule has 0 radical (unpaired) electrons. The zero-order valence-electron chi connectivity index (χ0n) is 12.1. The summed E-state index contributed by atoms with van der Waals surface area (Å²) in [6.45, 7) is 3.89. The lowest BCUT2D eigenvalue weighted by molar-refractivity contribution is -0.125. The molecule has 0 saturated carbocycles. The van der Waals surface area contributed by atoms with Crippen molar-refractivity contribution >= 4 is 11.7 Å². The highest BCUT2D eigenvalue weighted by Crippen LogP contribution is 2.17. The van der Waals surface area contributed by atoms with Crippen LogP contribution in [0.4, 0.5) is 5.82 Å². The largest absolute Gasteiger partial charge is 0.375 e. The van der Waals surface area contributed by atoms with Crippen molar-refractivity contribution in [1.29, 1.82) is 0 Å². The van der Waals surface area contributed by atoms with Crippen molar-refractivity contribution < 1.29 is 9.53 Å². The molecular formula is C14H22N4O2. The number of aromatic nitrogens is 2. The van der Waals surface area contributed by atoms with E-state index in [0.717, 1.165) is 44.0 Å². The van der Waals surface area contributed by atoms with Gasteiger partial charge in [0.2, 0.25) is 5.91 Å². The van der Waals surface area contributed by atoms with E-state index in [1.807, 2.05) is 13.0 Å². The average Bonchev–Trinajstić information content (AvgIpc) is 2.64. The molecular weight excluding hydrogens is 256 g/mol. The van der Waals surface area contributed by atoms with E-state index in [9.17, 15) is 4.79 Å². The molecule has 2 rings (SSSR count). The fourth-order valence-electron chi connectivity index (χ4n) is 2.49. The molecule has 20 heavy (non-hydrogen) atoms. The molecule has 6 heteroatoms. The number of nitrogens with zero attached hydrogens (tertiary/aromatic N) is 3. The summed E-state index contributed by atoms with van der Waals surface area (Å²) < 4.78 is 4.84. The summed E-state index contributed by atoms with van der Waals surface area (Å²) in [5, 5.41) is 3.02. The summed E-state index contributed by atoms with van der Waals surface area (Å²) >= 11 is 0. The van der Waals surface area contributed by atoms with Crippen LogP contribution in [0.2, 0.25) is 0 Å². The quantitative estimate of drug-likeness (QED) is 0.886. The van der Waals surface area contributed by atoms with Crippen LogP contribution in [-0.4, -0.2) is 48.7 Å². The van der Waals surface area contributed by atoms with Crippen molar-refractivity contribution in [2.75, 3.05) is 31.7 Å². The number of anilines is 1. The second-order valence-corrected chi connectivity index (χ2v) is 5.08. The topological polar surface area (TPSA) is 67.3 Å². The van der Waals surface area contributed by atoms with Gasteiger partial charge >= 0.3 is 0 Å². The molecule has 1 aromatic heterocycles. The molecule has 1 aliphatic heterocycles. The molecule has 1 atom stereocenters. The van der Waals surface area contributed by atoms with Gasteiger partial charge in [-0.1, -0.05) is 0 Å². The molecule has 0 bridgehead atoms. The van der Waals surface area contributed by atoms with Gasteiger partial charge in [0, 0.05) is 32.4 Å². The monoisotopic (exact) mass is 278 g/mol. The van der Waals surface area contributed by atoms with E-state index < -0.39 is 0 Å². The molecule has 0 spiro atoms. The third-order valence-electron chi connectivity index (χ3n) is 3.45. The number of carbonyl (C=O) groups is 1. The number of methoxy groups -OCH3 is 1. The molecule has 110 valence electrons. The second-order valence-electron chi connectivity index (χ2n) is 5.08. The van der Waals surface area contributed by atoms with Gasteiger partial charge in [-0.05, 0) is 32.3 Å². The van der Waals surface area contributed by atoms with Crippen LogP contribution in [0.5, 0.6) is 0 Å². The third kappa shape index (κ3) is 4.16. The van der Waals surface area contributed by atoms with Crippen molar-refractivity contribution in [2.45, 2.75) is 32.2 Å². The Morgan fingerprint density at radius 3 is 3.10 bits per heavy atom. The molecule has 0 aliphatic carbocycles. The minimum atomic E-state index is -0.0381. The SMILES string of the molecule is COCC(=O)N[C@H]1CCCN(c2ccnc(C)n2)CC1. The number of aryl methyl sites for hydroxylation is 1. The molecule has 1 saturated heterocycles. The summed E-state index contributed by atoms with van der Waals surface area (Å²) in [4.78, 5) is 22.4. The summed E-state index contributed by atoms with van der Waals surface area (Å²) in [6.07, 6.45) is 4.76. The molecule has 0 unspecified atom stereocenters. The predicted octanol–water partition coefficient (Wildman–Crippen LogP) is 0.907. The molecule has 6 nitrogen and oxygen atoms in total. The van der Waals surface area contributed by atoms with Gasteiger partial charge in [0.15, 0.2) is 0 Å². The first-order valence-electron chi connectivity index (χ1n) is 7.02. The number of amides is 1. The van der Waals surface area contributed by atoms with Crippen molar-refractivity contribution in [3.63, 3.8) is 0 Å². The van der Waals surface area contributed by atoms with E-state index in [0.29, 0.717) is 0 Å². The van der Waals surface area contributed by atoms with Crippen LogP contribution < -0.4 is 10.2 Å². The van der Waals surface area contributed by atoms with Crippen LogP contribution in [0, 0.1) is 6.92 Å². The number of hydrogen-bond acceptors (Lipinski definition) is 5. The lowest BCUT2D eigenvalue weighted by Crippen LogP contribution is -2.37. The smallest absolute Gasteiger partial charge is 0.246 e. The Kier molecular flexibility index (Phi) is 5.29. The van der Waals surface area contributed by atoms with Crippen LogP contribution in [0.25, 0.3) is 0 Å². The maximum absolute atomic E-state index is 11.5. The number of carbonyl (C=O) groups excluding carboxylic acids is 1. The van der Waals surface area contributed by atoms with Gasteiger partial charge in [-0.15, -0.1) is 0 Å². The Balaban J connectivity index is 1.90. The maximum Gasteiger partial charge on any atom is 0.246 e. The van der Waals surface area contributed by atoms with Gasteiger partial charge in [0.25, 0.3) is 0 Å². The Hall–Kier alpha value is -1.69. The first-order chi connectivity index (χ1) is 9.69. The van der Waals surface area contributed by atoms with Crippen LogP contribution in [-0.2, 0) is 9.53 Å². The highest BCUT2D eigenvalue weighted by molar-refractivity contribution is 5.77. The zero-order chi connectivity index (χ0) is 14.4. The van der Waals surface area contributed by atoms with Gasteiger partial charge in [0.05, 0.1) is 0 Å². The normalized spacial score (nSPS) is 19.5. The standard InChI is InChI=1S/C14H22N4O2/c1-11-15-7-5-13(16-11)18-8-3-4-12(6-9-18)17-14(19)10-20-2/h5,7,12H,3-4,6,8-10H2,1-2H3,(H,17,19)/t12-/m0/s1. The van der Waals surface area contributed by atoms with Gasteiger partial charge in [-0.2, -0.15) is 0 Å². The molecule has 1 N–H and O–H groups in total. The van der Waals surface area contributed by atoms with Crippen molar-refractivity contribution in [2.24, 2.45) is 0 Å². The Morgan fingerprint density at radius 2 is 2.35 bits per heavy atom. The van der Waals surface area contributed by atoms with Gasteiger partial charge in [-0.3, -0.25) is 4.79 Å². The molecule has 1 aliphatic rings. The van der Waals surface area contributed by atoms with Crippen LogP contribution in [0.1, 0.15) is 25.1 Å². The number of ether oxygens (including phenoxy) is 1. The second kappa shape index (κ2) is 7.19. The zero-order valence-corrected chi connectivity index (χ0v) is 12.1. The first kappa shape index (κ1) is 14.7. The van der Waals surface area contributed by atoms with E-state index in [4.69, 9.17) is 4.74 Å². The van der Waals surface area contributed by atoms with Crippen molar-refractivity contribution in [1.82, 2.24) is 15.3 Å². The van der Waals surface area contributed by atoms with Crippen molar-refractivity contribution in [3.05, 3.63) is 18.1 Å². The number of hydrogen-bond donors (Lipinski definition) is 1. The lowest BCUT2D eigenvalue weighted by atomic mass is 10.1. The number of nitrogens with one attached hydrogen (secondary N) is 1. The Bertz CT molecular complexity index is 453. The Morgan fingerprint density at radius 1 is 1.50 bits per heavy atom. The van der Waals surface area contributed by atoms with Crippen molar-refractivity contribution in [3.8, 4) is 0 Å². The maximum atomic E-state index is 11.5. The molecule has 1 fully saturated rings. The van der Waals surface area contributed by atoms with Gasteiger partial charge in [0.1, 0.15) is 18.2 Å². The van der Waals surface area contributed by atoms with Crippen LogP contribution in [0.15, 0.2) is 12.3 Å². The predicted molar refractivity (Wildman–Crippen MR) is 76.6 cm³/mol. The molecule has 0 aromatic carbocycles. The minimum Gasteiger partial charge on any atom is -0.375 e. The minimum absolute atomic E-state index is 0.0381. The fraction of sp³-hybridized carbons (Fsp3) is 0.643. The van der Waals surface area contributed by atoms with E-state index in [2.05, 4.69) is 20.2 Å². The first-order valence-corrected chi connectivity index (χ1v) is 7.02. The Labute approximate surface area is 119 Å². The van der Waals surface area contributed by atoms with Gasteiger partial charge in [-0.25, -0.2) is 9.97 Å². The molecule has 1 amide bonds. The molecule has 2 heterocycles. The third-order valence-corrected chi connectivity index (χ3v) is 3.45. The van der Waals surface area contributed by atoms with E-state index in [-0.39, 0.29) is 18.6 Å².